The maximum Gasteiger partial charge on any atom is 0.357 e. The molecule has 0 saturated carbocycles. The highest BCUT2D eigenvalue weighted by Gasteiger charge is 2.10. The zero-order valence-corrected chi connectivity index (χ0v) is 10.6. The van der Waals surface area contributed by atoms with Crippen LogP contribution in [-0.4, -0.2) is 11.0 Å². The van der Waals surface area contributed by atoms with E-state index in [0.717, 1.165) is 11.1 Å². The first kappa shape index (κ1) is 12.6. The van der Waals surface area contributed by atoms with Crippen LogP contribution in [0.3, 0.4) is 0 Å². The Morgan fingerprint density at radius 2 is 2.00 bits per heavy atom. The van der Waals surface area contributed by atoms with Gasteiger partial charge in [-0.15, -0.1) is 0 Å². The highest BCUT2D eigenvalue weighted by Crippen LogP contribution is 2.11. The predicted molar refractivity (Wildman–Crippen MR) is 69.5 cm³/mol. The van der Waals surface area contributed by atoms with Gasteiger partial charge in [-0.05, 0) is 30.2 Å². The minimum Gasteiger partial charge on any atom is -0.456 e. The molecule has 0 N–H and O–H groups in total. The summed E-state index contributed by atoms with van der Waals surface area (Å²) in [5, 5.41) is 0.293. The number of hydrogen-bond donors (Lipinski definition) is 0. The van der Waals surface area contributed by atoms with Crippen molar-refractivity contribution >= 4 is 17.6 Å². The van der Waals surface area contributed by atoms with Gasteiger partial charge >= 0.3 is 5.97 Å². The molecule has 0 aliphatic carbocycles. The monoisotopic (exact) mass is 261 g/mol. The summed E-state index contributed by atoms with van der Waals surface area (Å²) < 4.78 is 5.16. The highest BCUT2D eigenvalue weighted by atomic mass is 35.5. The summed E-state index contributed by atoms with van der Waals surface area (Å²) in [4.78, 5) is 15.7. The van der Waals surface area contributed by atoms with Gasteiger partial charge in [0.05, 0.1) is 0 Å². The highest BCUT2D eigenvalue weighted by molar-refractivity contribution is 6.29. The van der Waals surface area contributed by atoms with E-state index in [4.69, 9.17) is 16.3 Å². The average Bonchev–Trinajstić information content (AvgIpc) is 2.36. The Kier molecular flexibility index (Phi) is 3.95. The summed E-state index contributed by atoms with van der Waals surface area (Å²) in [6.45, 7) is 2.08. The number of ether oxygens (including phenoxy) is 1. The summed E-state index contributed by atoms with van der Waals surface area (Å²) in [7, 11) is 0. The van der Waals surface area contributed by atoms with Gasteiger partial charge in [-0.1, -0.05) is 41.9 Å². The molecule has 0 radical (unpaired) electrons. The second-order valence-electron chi connectivity index (χ2n) is 3.91. The summed E-state index contributed by atoms with van der Waals surface area (Å²) >= 11 is 5.79. The topological polar surface area (TPSA) is 39.2 Å². The predicted octanol–water partition coefficient (Wildman–Crippen LogP) is 3.40. The third kappa shape index (κ3) is 3.31. The molecule has 0 unspecified atom stereocenters. The van der Waals surface area contributed by atoms with Crippen molar-refractivity contribution in [2.45, 2.75) is 13.5 Å². The molecule has 0 fully saturated rings. The fourth-order valence-corrected chi connectivity index (χ4v) is 1.79. The Balaban J connectivity index is 2.04. The lowest BCUT2D eigenvalue weighted by atomic mass is 10.2. The molecule has 1 aromatic heterocycles. The van der Waals surface area contributed by atoms with Crippen LogP contribution in [0.25, 0.3) is 0 Å². The first-order valence-electron chi connectivity index (χ1n) is 5.50. The van der Waals surface area contributed by atoms with Gasteiger partial charge in [0.15, 0.2) is 0 Å². The number of carbonyl (C=O) groups excluding carboxylic acids is 1. The van der Waals surface area contributed by atoms with Gasteiger partial charge in [0, 0.05) is 0 Å². The van der Waals surface area contributed by atoms with Crippen molar-refractivity contribution < 1.29 is 9.53 Å². The van der Waals surface area contributed by atoms with E-state index in [1.54, 1.807) is 12.1 Å². The van der Waals surface area contributed by atoms with E-state index in [9.17, 15) is 4.79 Å². The Morgan fingerprint density at radius 3 is 2.67 bits per heavy atom. The van der Waals surface area contributed by atoms with Crippen molar-refractivity contribution in [3.63, 3.8) is 0 Å². The molecule has 0 aliphatic heterocycles. The standard InChI is InChI=1S/C14H12ClNO2/c1-10-7-12(16-13(15)8-10)14(17)18-9-11-5-3-2-4-6-11/h2-8H,9H2,1H3. The van der Waals surface area contributed by atoms with Crippen molar-refractivity contribution in [2.75, 3.05) is 0 Å². The minimum absolute atomic E-state index is 0.229. The molecule has 2 rings (SSSR count). The summed E-state index contributed by atoms with van der Waals surface area (Å²) in [5.41, 5.74) is 2.04. The SMILES string of the molecule is Cc1cc(Cl)nc(C(=O)OCc2ccccc2)c1. The van der Waals surface area contributed by atoms with Gasteiger partial charge in [-0.2, -0.15) is 0 Å². The van der Waals surface area contributed by atoms with Crippen molar-refractivity contribution in [1.29, 1.82) is 0 Å². The van der Waals surface area contributed by atoms with Gasteiger partial charge in [-0.3, -0.25) is 0 Å². The molecule has 2 aromatic rings. The van der Waals surface area contributed by atoms with Crippen LogP contribution in [0, 0.1) is 6.92 Å². The Morgan fingerprint density at radius 1 is 1.28 bits per heavy atom. The second-order valence-corrected chi connectivity index (χ2v) is 4.30. The lowest BCUT2D eigenvalue weighted by molar-refractivity contribution is 0.0465. The summed E-state index contributed by atoms with van der Waals surface area (Å²) in [5.74, 6) is -0.468. The van der Waals surface area contributed by atoms with E-state index < -0.39 is 5.97 Å². The zero-order chi connectivity index (χ0) is 13.0. The van der Waals surface area contributed by atoms with Gasteiger partial charge < -0.3 is 4.74 Å². The molecular weight excluding hydrogens is 250 g/mol. The van der Waals surface area contributed by atoms with Gasteiger partial charge in [0.25, 0.3) is 0 Å². The molecule has 0 bridgehead atoms. The number of aryl methyl sites for hydroxylation is 1. The normalized spacial score (nSPS) is 10.1. The molecule has 4 heteroatoms. The number of esters is 1. The lowest BCUT2D eigenvalue weighted by Crippen LogP contribution is -2.07. The van der Waals surface area contributed by atoms with Crippen molar-refractivity contribution in [3.8, 4) is 0 Å². The third-order valence-electron chi connectivity index (χ3n) is 2.36. The van der Waals surface area contributed by atoms with E-state index in [0.29, 0.717) is 5.15 Å². The van der Waals surface area contributed by atoms with Crippen LogP contribution in [0.4, 0.5) is 0 Å². The number of halogens is 1. The zero-order valence-electron chi connectivity index (χ0n) is 9.89. The molecule has 0 amide bonds. The fraction of sp³-hybridized carbons (Fsp3) is 0.143. The molecule has 0 atom stereocenters. The van der Waals surface area contributed by atoms with E-state index in [-0.39, 0.29) is 12.3 Å². The average molecular weight is 262 g/mol. The van der Waals surface area contributed by atoms with Crippen molar-refractivity contribution in [1.82, 2.24) is 4.98 Å². The van der Waals surface area contributed by atoms with Crippen molar-refractivity contribution in [3.05, 3.63) is 64.4 Å². The first-order valence-corrected chi connectivity index (χ1v) is 5.88. The van der Waals surface area contributed by atoms with Crippen LogP contribution in [-0.2, 0) is 11.3 Å². The number of rotatable bonds is 3. The summed E-state index contributed by atoms with van der Waals surface area (Å²) in [6.07, 6.45) is 0. The number of benzene rings is 1. The van der Waals surface area contributed by atoms with Crippen LogP contribution in [0.1, 0.15) is 21.6 Å². The van der Waals surface area contributed by atoms with Crippen LogP contribution in [0.15, 0.2) is 42.5 Å². The Labute approximate surface area is 110 Å². The number of aromatic nitrogens is 1. The Bertz CT molecular complexity index is 535. The van der Waals surface area contributed by atoms with E-state index in [1.807, 2.05) is 37.3 Å². The van der Waals surface area contributed by atoms with E-state index >= 15 is 0 Å². The molecule has 1 heterocycles. The Hall–Kier alpha value is -1.87. The second kappa shape index (κ2) is 5.65. The quantitative estimate of drug-likeness (QED) is 0.628. The molecule has 0 aliphatic rings. The number of pyridine rings is 1. The molecular formula is C14H12ClNO2. The molecule has 92 valence electrons. The van der Waals surface area contributed by atoms with Gasteiger partial charge in [0.1, 0.15) is 17.5 Å². The van der Waals surface area contributed by atoms with Gasteiger partial charge in [-0.25, -0.2) is 9.78 Å². The fourth-order valence-electron chi connectivity index (χ4n) is 1.53. The molecule has 0 saturated heterocycles. The molecule has 0 spiro atoms. The van der Waals surface area contributed by atoms with Crippen molar-refractivity contribution in [2.24, 2.45) is 0 Å². The number of hydrogen-bond acceptors (Lipinski definition) is 3. The van der Waals surface area contributed by atoms with Crippen LogP contribution in [0.2, 0.25) is 5.15 Å². The van der Waals surface area contributed by atoms with Gasteiger partial charge in [0.2, 0.25) is 0 Å². The maximum atomic E-state index is 11.8. The largest absolute Gasteiger partial charge is 0.456 e. The number of carbonyl (C=O) groups is 1. The maximum absolute atomic E-state index is 11.8. The first-order chi connectivity index (χ1) is 8.65. The third-order valence-corrected chi connectivity index (χ3v) is 2.55. The van der Waals surface area contributed by atoms with E-state index in [1.165, 1.54) is 0 Å². The molecule has 1 aromatic carbocycles. The van der Waals surface area contributed by atoms with E-state index in [2.05, 4.69) is 4.98 Å². The lowest BCUT2D eigenvalue weighted by Gasteiger charge is -2.05. The van der Waals surface area contributed by atoms with Crippen LogP contribution in [0.5, 0.6) is 0 Å². The van der Waals surface area contributed by atoms with Crippen LogP contribution >= 0.6 is 11.6 Å². The molecule has 18 heavy (non-hydrogen) atoms. The summed E-state index contributed by atoms with van der Waals surface area (Å²) in [6, 6.07) is 12.8. The smallest absolute Gasteiger partial charge is 0.357 e. The molecule has 3 nitrogen and oxygen atoms in total. The van der Waals surface area contributed by atoms with Crippen LogP contribution < -0.4 is 0 Å². The minimum atomic E-state index is -0.468. The number of nitrogens with zero attached hydrogens (tertiary/aromatic N) is 1.